The first-order valence-electron chi connectivity index (χ1n) is 8.95. The number of nitrogens with zero attached hydrogens (tertiary/aromatic N) is 2. The van der Waals surface area contributed by atoms with Crippen LogP contribution in [0.15, 0.2) is 70.2 Å². The van der Waals surface area contributed by atoms with Gasteiger partial charge in [0.15, 0.2) is 0 Å². The maximum Gasteiger partial charge on any atom is 0.416 e. The maximum absolute atomic E-state index is 12.8. The Labute approximate surface area is 202 Å². The van der Waals surface area contributed by atoms with Gasteiger partial charge in [0.2, 0.25) is 0 Å². The van der Waals surface area contributed by atoms with Crippen LogP contribution in [0, 0.1) is 13.7 Å². The average molecular weight is 620 g/mol. The molecule has 0 aromatic heterocycles. The summed E-state index contributed by atoms with van der Waals surface area (Å²) in [7, 11) is 0. The molecule has 3 rings (SSSR count). The molecule has 0 aliphatic heterocycles. The van der Waals surface area contributed by atoms with Crippen LogP contribution >= 0.6 is 38.5 Å². The van der Waals surface area contributed by atoms with E-state index in [0.717, 1.165) is 25.7 Å². The molecule has 6 nitrogen and oxygen atoms in total. The molecule has 3 aromatic carbocycles. The molecule has 0 aliphatic carbocycles. The lowest BCUT2D eigenvalue weighted by Crippen LogP contribution is -2.06. The highest BCUT2D eigenvalue weighted by Crippen LogP contribution is 2.35. The van der Waals surface area contributed by atoms with Crippen molar-refractivity contribution in [3.8, 4) is 5.75 Å². The van der Waals surface area contributed by atoms with Crippen LogP contribution in [0.2, 0.25) is 0 Å². The standard InChI is InChI=1S/C21H14BrF3IN3O3/c22-16-4-8-20(32-12-13-1-5-17(26)6-2-13)14(9-16)11-27-28-18-7-3-15(21(23,24)25)10-19(18)29(30)31/h1-11,28H,12H2/b27-11-. The lowest BCUT2D eigenvalue weighted by Gasteiger charge is -2.10. The highest BCUT2D eigenvalue weighted by Gasteiger charge is 2.33. The van der Waals surface area contributed by atoms with Crippen molar-refractivity contribution in [2.45, 2.75) is 12.8 Å². The molecule has 0 saturated heterocycles. The SMILES string of the molecule is O=[N+]([O-])c1cc(C(F)(F)F)ccc1N/N=C\c1cc(Br)ccc1OCc1ccc(I)cc1. The Morgan fingerprint density at radius 3 is 2.50 bits per heavy atom. The first-order valence-corrected chi connectivity index (χ1v) is 10.8. The molecular formula is C21H14BrF3IN3O3. The van der Waals surface area contributed by atoms with Gasteiger partial charge in [-0.2, -0.15) is 18.3 Å². The van der Waals surface area contributed by atoms with Gasteiger partial charge >= 0.3 is 6.18 Å². The molecule has 0 radical (unpaired) electrons. The van der Waals surface area contributed by atoms with E-state index in [1.165, 1.54) is 6.21 Å². The lowest BCUT2D eigenvalue weighted by molar-refractivity contribution is -0.384. The second kappa shape index (κ2) is 10.3. The number of hydrogen-bond donors (Lipinski definition) is 1. The summed E-state index contributed by atoms with van der Waals surface area (Å²) in [5.41, 5.74) is 1.95. The molecule has 3 aromatic rings. The molecule has 166 valence electrons. The van der Waals surface area contributed by atoms with Crippen LogP contribution in [-0.2, 0) is 12.8 Å². The first kappa shape index (κ1) is 24.0. The average Bonchev–Trinajstić information content (AvgIpc) is 2.73. The first-order chi connectivity index (χ1) is 15.1. The molecule has 11 heteroatoms. The summed E-state index contributed by atoms with van der Waals surface area (Å²) >= 11 is 5.57. The largest absolute Gasteiger partial charge is 0.488 e. The molecule has 0 heterocycles. The Balaban J connectivity index is 1.78. The Kier molecular flexibility index (Phi) is 7.72. The molecule has 0 amide bonds. The van der Waals surface area contributed by atoms with E-state index >= 15 is 0 Å². The van der Waals surface area contributed by atoms with E-state index in [9.17, 15) is 23.3 Å². The Hall–Kier alpha value is -2.67. The van der Waals surface area contributed by atoms with Crippen molar-refractivity contribution in [1.29, 1.82) is 0 Å². The summed E-state index contributed by atoms with van der Waals surface area (Å²) in [6.07, 6.45) is -3.32. The third-order valence-corrected chi connectivity index (χ3v) is 5.40. The summed E-state index contributed by atoms with van der Waals surface area (Å²) in [6.45, 7) is 0.317. The predicted octanol–water partition coefficient (Wildman–Crippen LogP) is 7.01. The van der Waals surface area contributed by atoms with Crippen molar-refractivity contribution in [3.63, 3.8) is 0 Å². The van der Waals surface area contributed by atoms with Crippen molar-refractivity contribution in [1.82, 2.24) is 0 Å². The smallest absolute Gasteiger partial charge is 0.416 e. The van der Waals surface area contributed by atoms with Crippen LogP contribution in [0.3, 0.4) is 0 Å². The molecule has 0 aliphatic rings. The number of rotatable bonds is 7. The summed E-state index contributed by atoms with van der Waals surface area (Å²) in [4.78, 5) is 10.3. The lowest BCUT2D eigenvalue weighted by atomic mass is 10.1. The van der Waals surface area contributed by atoms with Gasteiger partial charge in [0.05, 0.1) is 16.7 Å². The topological polar surface area (TPSA) is 76.8 Å². The second-order valence-corrected chi connectivity index (χ2v) is 8.62. The number of alkyl halides is 3. The molecular weight excluding hydrogens is 606 g/mol. The molecule has 32 heavy (non-hydrogen) atoms. The molecule has 0 saturated carbocycles. The molecule has 1 N–H and O–H groups in total. The van der Waals surface area contributed by atoms with Gasteiger partial charge in [0.25, 0.3) is 5.69 Å². The van der Waals surface area contributed by atoms with Gasteiger partial charge in [-0.25, -0.2) is 0 Å². The van der Waals surface area contributed by atoms with Crippen LogP contribution in [0.5, 0.6) is 5.75 Å². The minimum Gasteiger partial charge on any atom is -0.488 e. The fourth-order valence-electron chi connectivity index (χ4n) is 2.62. The van der Waals surface area contributed by atoms with Crippen molar-refractivity contribution < 1.29 is 22.8 Å². The van der Waals surface area contributed by atoms with Gasteiger partial charge in [0.1, 0.15) is 18.0 Å². The Morgan fingerprint density at radius 1 is 1.12 bits per heavy atom. The fourth-order valence-corrected chi connectivity index (χ4v) is 3.36. The monoisotopic (exact) mass is 619 g/mol. The number of hydrogen-bond acceptors (Lipinski definition) is 5. The molecule has 0 fully saturated rings. The van der Waals surface area contributed by atoms with E-state index < -0.39 is 22.4 Å². The highest BCUT2D eigenvalue weighted by molar-refractivity contribution is 14.1. The summed E-state index contributed by atoms with van der Waals surface area (Å²) in [5, 5.41) is 15.1. The number of nitro groups is 1. The number of halogens is 5. The number of nitro benzene ring substituents is 1. The van der Waals surface area contributed by atoms with Gasteiger partial charge in [-0.15, -0.1) is 0 Å². The normalized spacial score (nSPS) is 11.5. The second-order valence-electron chi connectivity index (χ2n) is 6.45. The minimum atomic E-state index is -4.69. The Bertz CT molecular complexity index is 1160. The fraction of sp³-hybridized carbons (Fsp3) is 0.0952. The van der Waals surface area contributed by atoms with Crippen molar-refractivity contribution in [3.05, 3.63) is 95.5 Å². The van der Waals surface area contributed by atoms with Gasteiger partial charge in [-0.1, -0.05) is 28.1 Å². The quantitative estimate of drug-likeness (QED) is 0.134. The number of nitrogens with one attached hydrogen (secondary N) is 1. The molecule has 0 bridgehead atoms. The third-order valence-electron chi connectivity index (χ3n) is 4.19. The van der Waals surface area contributed by atoms with Crippen LogP contribution < -0.4 is 10.2 Å². The summed E-state index contributed by atoms with van der Waals surface area (Å²) < 4.78 is 46.2. The zero-order valence-corrected chi connectivity index (χ0v) is 19.8. The van der Waals surface area contributed by atoms with E-state index in [1.54, 1.807) is 18.2 Å². The van der Waals surface area contributed by atoms with Crippen molar-refractivity contribution >= 4 is 56.1 Å². The number of benzene rings is 3. The van der Waals surface area contributed by atoms with Crippen LogP contribution in [0.25, 0.3) is 0 Å². The third kappa shape index (κ3) is 6.42. The maximum atomic E-state index is 12.8. The van der Waals surface area contributed by atoms with E-state index in [1.807, 2.05) is 24.3 Å². The zero-order chi connectivity index (χ0) is 23.3. The summed E-state index contributed by atoms with van der Waals surface area (Å²) in [5.74, 6) is 0.513. The van der Waals surface area contributed by atoms with E-state index in [0.29, 0.717) is 24.0 Å². The molecule has 0 spiro atoms. The predicted molar refractivity (Wildman–Crippen MR) is 127 cm³/mol. The number of ether oxygens (including phenoxy) is 1. The van der Waals surface area contributed by atoms with Crippen LogP contribution in [0.4, 0.5) is 24.5 Å². The number of hydrazone groups is 1. The zero-order valence-electron chi connectivity index (χ0n) is 16.1. The Morgan fingerprint density at radius 2 is 1.84 bits per heavy atom. The number of anilines is 1. The van der Waals surface area contributed by atoms with Gasteiger partial charge in [0, 0.05) is 19.7 Å². The van der Waals surface area contributed by atoms with E-state index in [2.05, 4.69) is 49.0 Å². The molecule has 0 atom stereocenters. The summed E-state index contributed by atoms with van der Waals surface area (Å²) in [6, 6.07) is 15.2. The van der Waals surface area contributed by atoms with Gasteiger partial charge < -0.3 is 4.74 Å². The van der Waals surface area contributed by atoms with Crippen molar-refractivity contribution in [2.75, 3.05) is 5.43 Å². The van der Waals surface area contributed by atoms with Crippen molar-refractivity contribution in [2.24, 2.45) is 5.10 Å². The van der Waals surface area contributed by atoms with E-state index in [-0.39, 0.29) is 5.69 Å². The van der Waals surface area contributed by atoms with Crippen LogP contribution in [-0.4, -0.2) is 11.1 Å². The van der Waals surface area contributed by atoms with Gasteiger partial charge in [-0.3, -0.25) is 15.5 Å². The highest BCUT2D eigenvalue weighted by atomic mass is 127. The van der Waals surface area contributed by atoms with Gasteiger partial charge in [-0.05, 0) is 70.6 Å². The van der Waals surface area contributed by atoms with E-state index in [4.69, 9.17) is 4.74 Å². The molecule has 0 unspecified atom stereocenters. The minimum absolute atomic E-state index is 0.171. The van der Waals surface area contributed by atoms with Crippen LogP contribution in [0.1, 0.15) is 16.7 Å².